The summed E-state index contributed by atoms with van der Waals surface area (Å²) in [6.45, 7) is 4.12. The third-order valence-electron chi connectivity index (χ3n) is 2.84. The van der Waals surface area contributed by atoms with Gasteiger partial charge in [-0.25, -0.2) is 4.98 Å². The van der Waals surface area contributed by atoms with Crippen LogP contribution in [0, 0.1) is 0 Å². The SMILES string of the molecule is CCCCN(C)c1cc(C(=O)NCCOC)ccn1. The maximum Gasteiger partial charge on any atom is 0.251 e. The highest BCUT2D eigenvalue weighted by Crippen LogP contribution is 2.11. The predicted molar refractivity (Wildman–Crippen MR) is 76.6 cm³/mol. The van der Waals surface area contributed by atoms with Gasteiger partial charge in [0.15, 0.2) is 0 Å². The van der Waals surface area contributed by atoms with Crippen LogP contribution in [-0.4, -0.2) is 44.7 Å². The van der Waals surface area contributed by atoms with Gasteiger partial charge in [0, 0.05) is 39.0 Å². The number of hydrogen-bond acceptors (Lipinski definition) is 4. The van der Waals surface area contributed by atoms with Crippen molar-refractivity contribution in [3.05, 3.63) is 23.9 Å². The van der Waals surface area contributed by atoms with Crippen LogP contribution in [0.15, 0.2) is 18.3 Å². The molecule has 0 aliphatic rings. The molecule has 0 atom stereocenters. The molecule has 0 unspecified atom stereocenters. The molecule has 5 nitrogen and oxygen atoms in total. The number of rotatable bonds is 8. The molecule has 1 heterocycles. The Morgan fingerprint density at radius 3 is 3.00 bits per heavy atom. The lowest BCUT2D eigenvalue weighted by Gasteiger charge is -2.18. The average Bonchev–Trinajstić information content (AvgIpc) is 2.45. The molecule has 0 spiro atoms. The van der Waals surface area contributed by atoms with Crippen LogP contribution >= 0.6 is 0 Å². The number of unbranched alkanes of at least 4 members (excludes halogenated alkanes) is 1. The minimum absolute atomic E-state index is 0.0930. The van der Waals surface area contributed by atoms with Gasteiger partial charge in [0.25, 0.3) is 5.91 Å². The molecule has 0 saturated heterocycles. The quantitative estimate of drug-likeness (QED) is 0.727. The molecule has 1 amide bonds. The maximum absolute atomic E-state index is 11.9. The molecule has 1 rings (SSSR count). The van der Waals surface area contributed by atoms with Crippen molar-refractivity contribution in [2.24, 2.45) is 0 Å². The zero-order valence-electron chi connectivity index (χ0n) is 12.0. The molecule has 0 aliphatic carbocycles. The number of hydrogen-bond donors (Lipinski definition) is 1. The molecule has 0 aromatic carbocycles. The Bertz CT molecular complexity index is 396. The third kappa shape index (κ3) is 5.26. The number of nitrogens with zero attached hydrogens (tertiary/aromatic N) is 2. The molecule has 0 bridgehead atoms. The summed E-state index contributed by atoms with van der Waals surface area (Å²) in [5.74, 6) is 0.734. The molecule has 0 aliphatic heterocycles. The van der Waals surface area contributed by atoms with Gasteiger partial charge in [-0.2, -0.15) is 0 Å². The fourth-order valence-corrected chi connectivity index (χ4v) is 1.65. The standard InChI is InChI=1S/C14H23N3O2/c1-4-5-9-17(2)13-11-12(6-7-15-13)14(18)16-8-10-19-3/h6-7,11H,4-5,8-10H2,1-3H3,(H,16,18). The highest BCUT2D eigenvalue weighted by molar-refractivity contribution is 5.94. The van der Waals surface area contributed by atoms with Gasteiger partial charge >= 0.3 is 0 Å². The van der Waals surface area contributed by atoms with Crippen molar-refractivity contribution in [3.8, 4) is 0 Å². The summed E-state index contributed by atoms with van der Waals surface area (Å²) >= 11 is 0. The van der Waals surface area contributed by atoms with Crippen molar-refractivity contribution >= 4 is 11.7 Å². The summed E-state index contributed by atoms with van der Waals surface area (Å²) in [7, 11) is 3.60. The Morgan fingerprint density at radius 1 is 1.53 bits per heavy atom. The van der Waals surface area contributed by atoms with Gasteiger partial charge < -0.3 is 15.0 Å². The minimum Gasteiger partial charge on any atom is -0.383 e. The molecule has 19 heavy (non-hydrogen) atoms. The molecular formula is C14H23N3O2. The zero-order valence-corrected chi connectivity index (χ0v) is 12.0. The lowest BCUT2D eigenvalue weighted by molar-refractivity contribution is 0.0937. The van der Waals surface area contributed by atoms with E-state index < -0.39 is 0 Å². The van der Waals surface area contributed by atoms with E-state index in [1.165, 1.54) is 0 Å². The smallest absolute Gasteiger partial charge is 0.251 e. The molecule has 1 aromatic rings. The van der Waals surface area contributed by atoms with Crippen LogP contribution in [0.4, 0.5) is 5.82 Å². The van der Waals surface area contributed by atoms with Crippen LogP contribution < -0.4 is 10.2 Å². The number of amides is 1. The number of pyridine rings is 1. The van der Waals surface area contributed by atoms with E-state index in [9.17, 15) is 4.79 Å². The summed E-state index contributed by atoms with van der Waals surface area (Å²) in [5, 5.41) is 2.80. The van der Waals surface area contributed by atoms with Gasteiger partial charge in [0.05, 0.1) is 6.61 Å². The second kappa shape index (κ2) is 8.48. The highest BCUT2D eigenvalue weighted by Gasteiger charge is 2.08. The van der Waals surface area contributed by atoms with E-state index in [1.807, 2.05) is 13.1 Å². The Labute approximate surface area is 115 Å². The predicted octanol–water partition coefficient (Wildman–Crippen LogP) is 1.69. The topological polar surface area (TPSA) is 54.5 Å². The summed E-state index contributed by atoms with van der Waals surface area (Å²) in [4.78, 5) is 18.3. The summed E-state index contributed by atoms with van der Waals surface area (Å²) in [5.41, 5.74) is 0.629. The number of nitrogens with one attached hydrogen (secondary N) is 1. The number of anilines is 1. The number of carbonyl (C=O) groups excluding carboxylic acids is 1. The number of aromatic nitrogens is 1. The number of ether oxygens (including phenoxy) is 1. The average molecular weight is 265 g/mol. The third-order valence-corrected chi connectivity index (χ3v) is 2.84. The summed E-state index contributed by atoms with van der Waals surface area (Å²) in [6.07, 6.45) is 3.92. The van der Waals surface area contributed by atoms with Crippen molar-refractivity contribution in [1.82, 2.24) is 10.3 Å². The summed E-state index contributed by atoms with van der Waals surface area (Å²) < 4.78 is 4.90. The van der Waals surface area contributed by atoms with Gasteiger partial charge in [0.2, 0.25) is 0 Å². The minimum atomic E-state index is -0.0930. The van der Waals surface area contributed by atoms with Crippen LogP contribution in [0.3, 0.4) is 0 Å². The highest BCUT2D eigenvalue weighted by atomic mass is 16.5. The van der Waals surface area contributed by atoms with Gasteiger partial charge in [-0.1, -0.05) is 13.3 Å². The van der Waals surface area contributed by atoms with E-state index in [4.69, 9.17) is 4.74 Å². The molecule has 1 N–H and O–H groups in total. The Balaban J connectivity index is 2.62. The molecule has 1 aromatic heterocycles. The summed E-state index contributed by atoms with van der Waals surface area (Å²) in [6, 6.07) is 3.54. The van der Waals surface area contributed by atoms with Gasteiger partial charge in [-0.15, -0.1) is 0 Å². The van der Waals surface area contributed by atoms with Crippen molar-refractivity contribution in [2.45, 2.75) is 19.8 Å². The van der Waals surface area contributed by atoms with Gasteiger partial charge in [0.1, 0.15) is 5.82 Å². The van der Waals surface area contributed by atoms with Crippen LogP contribution in [-0.2, 0) is 4.74 Å². The lowest BCUT2D eigenvalue weighted by atomic mass is 10.2. The Morgan fingerprint density at radius 2 is 2.32 bits per heavy atom. The van der Waals surface area contributed by atoms with Crippen molar-refractivity contribution in [1.29, 1.82) is 0 Å². The number of methoxy groups -OCH3 is 1. The number of carbonyl (C=O) groups is 1. The van der Waals surface area contributed by atoms with Crippen LogP contribution in [0.25, 0.3) is 0 Å². The van der Waals surface area contributed by atoms with Crippen molar-refractivity contribution < 1.29 is 9.53 Å². The second-order valence-electron chi connectivity index (χ2n) is 4.43. The fourth-order valence-electron chi connectivity index (χ4n) is 1.65. The van der Waals surface area contributed by atoms with E-state index >= 15 is 0 Å². The van der Waals surface area contributed by atoms with E-state index in [-0.39, 0.29) is 5.91 Å². The second-order valence-corrected chi connectivity index (χ2v) is 4.43. The van der Waals surface area contributed by atoms with Crippen LogP contribution in [0.1, 0.15) is 30.1 Å². The van der Waals surface area contributed by atoms with Crippen LogP contribution in [0.5, 0.6) is 0 Å². The van der Waals surface area contributed by atoms with E-state index in [0.29, 0.717) is 18.7 Å². The van der Waals surface area contributed by atoms with Crippen molar-refractivity contribution in [3.63, 3.8) is 0 Å². The first kappa shape index (κ1) is 15.4. The molecule has 0 fully saturated rings. The van der Waals surface area contributed by atoms with E-state index in [0.717, 1.165) is 25.2 Å². The monoisotopic (exact) mass is 265 g/mol. The molecular weight excluding hydrogens is 242 g/mol. The molecule has 0 radical (unpaired) electrons. The molecule has 5 heteroatoms. The first-order valence-electron chi connectivity index (χ1n) is 6.63. The normalized spacial score (nSPS) is 10.3. The van der Waals surface area contributed by atoms with E-state index in [1.54, 1.807) is 19.4 Å². The maximum atomic E-state index is 11.9. The van der Waals surface area contributed by atoms with Gasteiger partial charge in [-0.05, 0) is 18.6 Å². The zero-order chi connectivity index (χ0) is 14.1. The first-order valence-corrected chi connectivity index (χ1v) is 6.63. The Hall–Kier alpha value is -1.62. The van der Waals surface area contributed by atoms with Crippen molar-refractivity contribution in [2.75, 3.05) is 38.8 Å². The van der Waals surface area contributed by atoms with Crippen LogP contribution in [0.2, 0.25) is 0 Å². The first-order chi connectivity index (χ1) is 9.19. The van der Waals surface area contributed by atoms with Gasteiger partial charge in [-0.3, -0.25) is 4.79 Å². The lowest BCUT2D eigenvalue weighted by Crippen LogP contribution is -2.27. The fraction of sp³-hybridized carbons (Fsp3) is 0.571. The molecule has 106 valence electrons. The largest absolute Gasteiger partial charge is 0.383 e. The Kier molecular flexibility index (Phi) is 6.89. The van der Waals surface area contributed by atoms with E-state index in [2.05, 4.69) is 22.1 Å². The molecule has 0 saturated carbocycles.